The monoisotopic (exact) mass is 583 g/mol. The molecule has 0 bridgehead atoms. The fourth-order valence-electron chi connectivity index (χ4n) is 3.95. The molecule has 2 heterocycles. The molecule has 1 aliphatic rings. The first-order valence-corrected chi connectivity index (χ1v) is 13.3. The minimum absolute atomic E-state index is 0.256. The Bertz CT molecular complexity index is 1530. The third-order valence-electron chi connectivity index (χ3n) is 5.70. The Morgan fingerprint density at radius 3 is 2.12 bits per heavy atom. The van der Waals surface area contributed by atoms with Gasteiger partial charge in [0.15, 0.2) is 28.3 Å². The summed E-state index contributed by atoms with van der Waals surface area (Å²) in [5.74, 6) is -3.00. The zero-order chi connectivity index (χ0) is 29.8. The van der Waals surface area contributed by atoms with Gasteiger partial charge in [0.2, 0.25) is 0 Å². The van der Waals surface area contributed by atoms with Gasteiger partial charge in [0.05, 0.1) is 15.6 Å². The minimum atomic E-state index is -4.08. The first-order valence-electron chi connectivity index (χ1n) is 11.6. The summed E-state index contributed by atoms with van der Waals surface area (Å²) in [6.45, 7) is 2.24. The second kappa shape index (κ2) is 12.2. The first-order chi connectivity index (χ1) is 18.7. The van der Waals surface area contributed by atoms with Gasteiger partial charge in [-0.15, -0.1) is 0 Å². The number of rotatable bonds is 10. The maximum absolute atomic E-state index is 13.3. The Kier molecular flexibility index (Phi) is 9.21. The molecule has 4 atom stereocenters. The van der Waals surface area contributed by atoms with Crippen LogP contribution in [0.15, 0.2) is 51.0 Å². The van der Waals surface area contributed by atoms with Crippen LogP contribution in [0.1, 0.15) is 27.0 Å². The molecule has 1 aliphatic heterocycles. The predicted molar refractivity (Wildman–Crippen MR) is 132 cm³/mol. The van der Waals surface area contributed by atoms with Crippen LogP contribution in [0.3, 0.4) is 0 Å². The molecule has 17 heteroatoms. The fraction of sp³-hybridized carbons (Fsp3) is 0.435. The maximum atomic E-state index is 13.3. The number of aromatic nitrogens is 2. The SMILES string of the molecule is CC(=O)OC[C@H]1O[C@@H](n2ccc(=O)n(CCS(=O)(=O)c3ccc([N+](=O)[O-])cc3)c2=O)[C@H](OC(C)=O)[C@@H]1OC(C)=O. The molecule has 16 nitrogen and oxygen atoms in total. The van der Waals surface area contributed by atoms with E-state index in [0.29, 0.717) is 4.57 Å². The van der Waals surface area contributed by atoms with Crippen LogP contribution in [-0.2, 0) is 49.7 Å². The summed E-state index contributed by atoms with van der Waals surface area (Å²) in [6, 6.07) is 5.04. The molecule has 1 saturated heterocycles. The van der Waals surface area contributed by atoms with E-state index in [1.165, 1.54) is 0 Å². The van der Waals surface area contributed by atoms with Gasteiger partial charge >= 0.3 is 23.6 Å². The van der Waals surface area contributed by atoms with E-state index >= 15 is 0 Å². The van der Waals surface area contributed by atoms with Gasteiger partial charge in [0, 0.05) is 51.7 Å². The largest absolute Gasteiger partial charge is 0.463 e. The van der Waals surface area contributed by atoms with E-state index in [2.05, 4.69) is 0 Å². The summed E-state index contributed by atoms with van der Waals surface area (Å²) < 4.78 is 48.3. The van der Waals surface area contributed by atoms with Crippen molar-refractivity contribution in [3.63, 3.8) is 0 Å². The van der Waals surface area contributed by atoms with Crippen molar-refractivity contribution >= 4 is 33.4 Å². The molecule has 0 amide bonds. The van der Waals surface area contributed by atoms with Crippen LogP contribution in [0.25, 0.3) is 0 Å². The van der Waals surface area contributed by atoms with Gasteiger partial charge in [-0.2, -0.15) is 0 Å². The lowest BCUT2D eigenvalue weighted by Crippen LogP contribution is -2.45. The van der Waals surface area contributed by atoms with Crippen molar-refractivity contribution in [2.75, 3.05) is 12.4 Å². The van der Waals surface area contributed by atoms with Gasteiger partial charge in [-0.05, 0) is 12.1 Å². The summed E-state index contributed by atoms with van der Waals surface area (Å²) in [5, 5.41) is 10.8. The number of carbonyl (C=O) groups is 3. The third-order valence-corrected chi connectivity index (χ3v) is 7.41. The highest BCUT2D eigenvalue weighted by molar-refractivity contribution is 7.91. The van der Waals surface area contributed by atoms with Crippen molar-refractivity contribution in [2.24, 2.45) is 0 Å². The number of benzene rings is 1. The second-order valence-electron chi connectivity index (χ2n) is 8.58. The molecule has 40 heavy (non-hydrogen) atoms. The standard InChI is InChI=1S/C23H25N3O13S/c1-13(27)36-12-18-20(37-14(2)28)21(38-15(3)29)22(39-18)25-9-8-19(30)24(23(25)31)10-11-40(34,35)17-6-4-16(5-7-17)26(32)33/h4-9,18,20-22H,10-12H2,1-3H3/t18-,20-,21-,22-/m1/s1. The first kappa shape index (κ1) is 30.2. The molecule has 0 unspecified atom stereocenters. The van der Waals surface area contributed by atoms with Gasteiger partial charge in [-0.25, -0.2) is 13.2 Å². The number of nitro benzene ring substituents is 1. The van der Waals surface area contributed by atoms with Crippen LogP contribution in [-0.4, -0.2) is 71.1 Å². The smallest absolute Gasteiger partial charge is 0.333 e. The highest BCUT2D eigenvalue weighted by Gasteiger charge is 2.51. The van der Waals surface area contributed by atoms with Crippen molar-refractivity contribution in [2.45, 2.75) is 56.8 Å². The Morgan fingerprint density at radius 2 is 1.57 bits per heavy atom. The van der Waals surface area contributed by atoms with Crippen molar-refractivity contribution in [3.05, 3.63) is 67.5 Å². The maximum Gasteiger partial charge on any atom is 0.333 e. The van der Waals surface area contributed by atoms with E-state index in [0.717, 1.165) is 61.9 Å². The van der Waals surface area contributed by atoms with E-state index in [1.54, 1.807) is 0 Å². The summed E-state index contributed by atoms with van der Waals surface area (Å²) in [5.41, 5.74) is -2.21. The molecule has 0 N–H and O–H groups in total. The Labute approximate surface area is 226 Å². The third kappa shape index (κ3) is 6.97. The number of non-ortho nitro benzene ring substituents is 1. The number of carbonyl (C=O) groups excluding carboxylic acids is 3. The van der Waals surface area contributed by atoms with Gasteiger partial charge in [0.1, 0.15) is 12.7 Å². The van der Waals surface area contributed by atoms with E-state index in [4.69, 9.17) is 18.9 Å². The number of esters is 3. The number of hydrogen-bond acceptors (Lipinski definition) is 13. The number of ether oxygens (including phenoxy) is 4. The summed E-state index contributed by atoms with van der Waals surface area (Å²) in [7, 11) is -4.08. The van der Waals surface area contributed by atoms with Crippen LogP contribution < -0.4 is 11.2 Å². The molecular formula is C23H25N3O13S. The zero-order valence-electron chi connectivity index (χ0n) is 21.5. The van der Waals surface area contributed by atoms with Crippen LogP contribution >= 0.6 is 0 Å². The lowest BCUT2D eigenvalue weighted by atomic mass is 10.1. The number of sulfone groups is 1. The molecule has 3 rings (SSSR count). The molecule has 1 aromatic carbocycles. The fourth-order valence-corrected chi connectivity index (χ4v) is 5.16. The molecule has 0 radical (unpaired) electrons. The molecule has 216 valence electrons. The van der Waals surface area contributed by atoms with E-state index < -0.39 is 87.4 Å². The Hall–Kier alpha value is -4.38. The van der Waals surface area contributed by atoms with E-state index in [9.17, 15) is 42.5 Å². The zero-order valence-corrected chi connectivity index (χ0v) is 22.3. The Morgan fingerprint density at radius 1 is 0.975 bits per heavy atom. The van der Waals surface area contributed by atoms with Crippen molar-refractivity contribution in [1.82, 2.24) is 9.13 Å². The van der Waals surface area contributed by atoms with Crippen molar-refractivity contribution < 1.29 is 46.7 Å². The highest BCUT2D eigenvalue weighted by atomic mass is 32.2. The van der Waals surface area contributed by atoms with Gasteiger partial charge in [-0.3, -0.25) is 38.4 Å². The molecule has 0 spiro atoms. The lowest BCUT2D eigenvalue weighted by molar-refractivity contribution is -0.384. The van der Waals surface area contributed by atoms with Crippen molar-refractivity contribution in [1.29, 1.82) is 0 Å². The summed E-state index contributed by atoms with van der Waals surface area (Å²) in [4.78, 5) is 70.6. The van der Waals surface area contributed by atoms with Crippen molar-refractivity contribution in [3.8, 4) is 0 Å². The Balaban J connectivity index is 1.95. The topological polar surface area (TPSA) is 209 Å². The van der Waals surface area contributed by atoms with Crippen LogP contribution in [0, 0.1) is 10.1 Å². The molecule has 1 fully saturated rings. The predicted octanol–water partition coefficient (Wildman–Crippen LogP) is -0.284. The summed E-state index contributed by atoms with van der Waals surface area (Å²) in [6.07, 6.45) is -4.31. The highest BCUT2D eigenvalue weighted by Crippen LogP contribution is 2.33. The van der Waals surface area contributed by atoms with E-state index in [-0.39, 0.29) is 10.6 Å². The molecule has 0 aliphatic carbocycles. The van der Waals surface area contributed by atoms with Gasteiger partial charge in [0.25, 0.3) is 11.2 Å². The van der Waals surface area contributed by atoms with Crippen LogP contribution in [0.5, 0.6) is 0 Å². The molecule has 0 saturated carbocycles. The normalized spacial score (nSPS) is 20.5. The number of nitrogens with zero attached hydrogens (tertiary/aromatic N) is 3. The van der Waals surface area contributed by atoms with E-state index in [1.807, 2.05) is 0 Å². The van der Waals surface area contributed by atoms with Crippen LogP contribution in [0.4, 0.5) is 5.69 Å². The van der Waals surface area contributed by atoms with Crippen LogP contribution in [0.2, 0.25) is 0 Å². The lowest BCUT2D eigenvalue weighted by Gasteiger charge is -2.24. The molecule has 2 aromatic rings. The average molecular weight is 584 g/mol. The summed E-state index contributed by atoms with van der Waals surface area (Å²) >= 11 is 0. The number of hydrogen-bond donors (Lipinski definition) is 0. The minimum Gasteiger partial charge on any atom is -0.463 e. The van der Waals surface area contributed by atoms with Gasteiger partial charge in [-0.1, -0.05) is 0 Å². The average Bonchev–Trinajstić information content (AvgIpc) is 3.18. The molecular weight excluding hydrogens is 558 g/mol. The number of nitro groups is 1. The molecule has 1 aromatic heterocycles. The quantitative estimate of drug-likeness (QED) is 0.153. The van der Waals surface area contributed by atoms with Gasteiger partial charge < -0.3 is 18.9 Å². The second-order valence-corrected chi connectivity index (χ2v) is 10.7.